The van der Waals surface area contributed by atoms with E-state index in [9.17, 15) is 4.79 Å². The number of nitrogens with zero attached hydrogens (tertiary/aromatic N) is 4. The van der Waals surface area contributed by atoms with Crippen LogP contribution in [0.4, 0.5) is 5.69 Å². The molecule has 1 aliphatic heterocycles. The summed E-state index contributed by atoms with van der Waals surface area (Å²) in [5.41, 5.74) is 1.22. The quantitative estimate of drug-likeness (QED) is 0.637. The van der Waals surface area contributed by atoms with Gasteiger partial charge in [0.2, 0.25) is 5.91 Å². The molecule has 120 valence electrons. The Morgan fingerprint density at radius 1 is 1.04 bits per heavy atom. The number of hydrogen-bond acceptors (Lipinski definition) is 5. The van der Waals surface area contributed by atoms with Gasteiger partial charge in [-0.2, -0.15) is 0 Å². The second kappa shape index (κ2) is 7.46. The number of carbonyl (C=O) groups is 1. The van der Waals surface area contributed by atoms with E-state index < -0.39 is 0 Å². The van der Waals surface area contributed by atoms with Crippen LogP contribution in [-0.2, 0) is 4.79 Å². The van der Waals surface area contributed by atoms with Gasteiger partial charge in [-0.3, -0.25) is 4.79 Å². The van der Waals surface area contributed by atoms with E-state index in [1.807, 2.05) is 30.0 Å². The van der Waals surface area contributed by atoms with Crippen molar-refractivity contribution in [2.75, 3.05) is 31.1 Å². The highest BCUT2D eigenvalue weighted by Crippen LogP contribution is 2.22. The van der Waals surface area contributed by atoms with Crippen molar-refractivity contribution in [1.82, 2.24) is 14.9 Å². The molecular formula is C17H20N4OS. The molecule has 1 atom stereocenters. The normalized spacial score (nSPS) is 16.2. The van der Waals surface area contributed by atoms with Crippen LogP contribution >= 0.6 is 11.8 Å². The van der Waals surface area contributed by atoms with Gasteiger partial charge in [-0.1, -0.05) is 30.0 Å². The third kappa shape index (κ3) is 4.01. The molecule has 2 heterocycles. The van der Waals surface area contributed by atoms with Crippen LogP contribution in [0.3, 0.4) is 0 Å². The van der Waals surface area contributed by atoms with Crippen LogP contribution in [0.5, 0.6) is 0 Å². The van der Waals surface area contributed by atoms with Crippen LogP contribution in [0.15, 0.2) is 53.9 Å². The first-order valence-electron chi connectivity index (χ1n) is 7.76. The number of aromatic nitrogens is 2. The predicted octanol–water partition coefficient (Wildman–Crippen LogP) is 2.31. The molecule has 1 aromatic heterocycles. The molecule has 0 radical (unpaired) electrons. The van der Waals surface area contributed by atoms with E-state index in [1.54, 1.807) is 18.5 Å². The fourth-order valence-electron chi connectivity index (χ4n) is 2.64. The van der Waals surface area contributed by atoms with Gasteiger partial charge in [0.1, 0.15) is 0 Å². The highest BCUT2D eigenvalue weighted by molar-refractivity contribution is 8.00. The highest BCUT2D eigenvalue weighted by Gasteiger charge is 2.26. The first kappa shape index (κ1) is 15.8. The molecule has 0 aliphatic carbocycles. The third-order valence-electron chi connectivity index (χ3n) is 3.88. The zero-order chi connectivity index (χ0) is 16.1. The molecule has 1 unspecified atom stereocenters. The number of piperazine rings is 1. The lowest BCUT2D eigenvalue weighted by Gasteiger charge is -2.37. The number of anilines is 1. The van der Waals surface area contributed by atoms with E-state index in [2.05, 4.69) is 27.0 Å². The Balaban J connectivity index is 1.54. The number of para-hydroxylation sites is 1. The summed E-state index contributed by atoms with van der Waals surface area (Å²) in [5.74, 6) is 0.162. The summed E-state index contributed by atoms with van der Waals surface area (Å²) in [6.07, 6.45) is 3.40. The Hall–Kier alpha value is -2.08. The number of rotatable bonds is 4. The molecule has 23 heavy (non-hydrogen) atoms. The number of amides is 1. The van der Waals surface area contributed by atoms with Gasteiger partial charge in [-0.05, 0) is 25.1 Å². The lowest BCUT2D eigenvalue weighted by atomic mass is 10.2. The molecule has 1 amide bonds. The van der Waals surface area contributed by atoms with Crippen molar-refractivity contribution in [1.29, 1.82) is 0 Å². The summed E-state index contributed by atoms with van der Waals surface area (Å²) < 4.78 is 0. The SMILES string of the molecule is CC(Sc1ncccn1)C(=O)N1CCN(c2ccccc2)CC1. The van der Waals surface area contributed by atoms with Crippen molar-refractivity contribution in [3.05, 3.63) is 48.8 Å². The number of hydrogen-bond donors (Lipinski definition) is 0. The summed E-state index contributed by atoms with van der Waals surface area (Å²) in [7, 11) is 0. The van der Waals surface area contributed by atoms with Crippen molar-refractivity contribution in [2.45, 2.75) is 17.3 Å². The van der Waals surface area contributed by atoms with Crippen molar-refractivity contribution >= 4 is 23.4 Å². The van der Waals surface area contributed by atoms with Gasteiger partial charge < -0.3 is 9.80 Å². The molecule has 6 heteroatoms. The van der Waals surface area contributed by atoms with E-state index >= 15 is 0 Å². The maximum atomic E-state index is 12.6. The van der Waals surface area contributed by atoms with Gasteiger partial charge in [-0.25, -0.2) is 9.97 Å². The molecule has 1 aliphatic rings. The Kier molecular flexibility index (Phi) is 5.12. The monoisotopic (exact) mass is 328 g/mol. The number of thioether (sulfide) groups is 1. The van der Waals surface area contributed by atoms with Gasteiger partial charge in [-0.15, -0.1) is 0 Å². The molecule has 0 spiro atoms. The van der Waals surface area contributed by atoms with Crippen LogP contribution < -0.4 is 4.90 Å². The Labute approximate surface area is 140 Å². The van der Waals surface area contributed by atoms with Crippen molar-refractivity contribution < 1.29 is 4.79 Å². The third-order valence-corrected chi connectivity index (χ3v) is 4.86. The zero-order valence-corrected chi connectivity index (χ0v) is 13.9. The average Bonchev–Trinajstić information content (AvgIpc) is 2.63. The molecule has 1 saturated heterocycles. The van der Waals surface area contributed by atoms with Gasteiger partial charge in [0.25, 0.3) is 0 Å². The largest absolute Gasteiger partial charge is 0.368 e. The van der Waals surface area contributed by atoms with Crippen molar-refractivity contribution in [2.24, 2.45) is 0 Å². The summed E-state index contributed by atoms with van der Waals surface area (Å²) in [5, 5.41) is 0.483. The van der Waals surface area contributed by atoms with Crippen LogP contribution in [0.2, 0.25) is 0 Å². The lowest BCUT2D eigenvalue weighted by molar-refractivity contribution is -0.130. The summed E-state index contributed by atoms with van der Waals surface area (Å²) in [4.78, 5) is 25.2. The number of benzene rings is 1. The van der Waals surface area contributed by atoms with Gasteiger partial charge >= 0.3 is 0 Å². The fourth-order valence-corrected chi connectivity index (χ4v) is 3.45. The van der Waals surface area contributed by atoms with Crippen LogP contribution in [0.1, 0.15) is 6.92 Å². The molecule has 1 fully saturated rings. The Bertz CT molecular complexity index is 630. The topological polar surface area (TPSA) is 49.3 Å². The molecule has 0 N–H and O–H groups in total. The first-order valence-corrected chi connectivity index (χ1v) is 8.64. The van der Waals surface area contributed by atoms with Crippen molar-refractivity contribution in [3.63, 3.8) is 0 Å². The van der Waals surface area contributed by atoms with Crippen molar-refractivity contribution in [3.8, 4) is 0 Å². The Morgan fingerprint density at radius 2 is 1.70 bits per heavy atom. The molecule has 5 nitrogen and oxygen atoms in total. The van der Waals surface area contributed by atoms with Crippen LogP contribution in [0.25, 0.3) is 0 Å². The summed E-state index contributed by atoms with van der Waals surface area (Å²) in [6.45, 7) is 5.18. The standard InChI is InChI=1S/C17H20N4OS/c1-14(23-17-18-8-5-9-19-17)16(22)21-12-10-20(11-13-21)15-6-3-2-4-7-15/h2-9,14H,10-13H2,1H3. The number of carbonyl (C=O) groups excluding carboxylic acids is 1. The second-order valence-electron chi connectivity index (χ2n) is 5.44. The lowest BCUT2D eigenvalue weighted by Crippen LogP contribution is -2.50. The van der Waals surface area contributed by atoms with Crippen LogP contribution in [0, 0.1) is 0 Å². The van der Waals surface area contributed by atoms with Gasteiger partial charge in [0.15, 0.2) is 5.16 Å². The smallest absolute Gasteiger partial charge is 0.236 e. The maximum Gasteiger partial charge on any atom is 0.236 e. The zero-order valence-electron chi connectivity index (χ0n) is 13.1. The van der Waals surface area contributed by atoms with E-state index in [-0.39, 0.29) is 11.2 Å². The first-order chi connectivity index (χ1) is 11.2. The average molecular weight is 328 g/mol. The minimum atomic E-state index is -0.166. The molecule has 2 aromatic rings. The second-order valence-corrected chi connectivity index (χ2v) is 6.75. The van der Waals surface area contributed by atoms with Gasteiger partial charge in [0.05, 0.1) is 5.25 Å². The maximum absolute atomic E-state index is 12.6. The molecule has 0 bridgehead atoms. The molecule has 0 saturated carbocycles. The molecule has 3 rings (SSSR count). The Morgan fingerprint density at radius 3 is 2.35 bits per heavy atom. The summed E-state index contributed by atoms with van der Waals surface area (Å²) in [6, 6.07) is 12.1. The van der Waals surface area contributed by atoms with E-state index in [0.717, 1.165) is 26.2 Å². The minimum absolute atomic E-state index is 0.162. The van der Waals surface area contributed by atoms with E-state index in [4.69, 9.17) is 0 Å². The van der Waals surface area contributed by atoms with E-state index in [1.165, 1.54) is 17.4 Å². The predicted molar refractivity (Wildman–Crippen MR) is 92.6 cm³/mol. The fraction of sp³-hybridized carbons (Fsp3) is 0.353. The molecular weight excluding hydrogens is 308 g/mol. The molecule has 1 aromatic carbocycles. The van der Waals surface area contributed by atoms with E-state index in [0.29, 0.717) is 5.16 Å². The highest BCUT2D eigenvalue weighted by atomic mass is 32.2. The van der Waals surface area contributed by atoms with Crippen LogP contribution in [-0.4, -0.2) is 52.2 Å². The van der Waals surface area contributed by atoms with Gasteiger partial charge in [0, 0.05) is 44.3 Å². The minimum Gasteiger partial charge on any atom is -0.368 e. The summed E-state index contributed by atoms with van der Waals surface area (Å²) >= 11 is 1.42.